The van der Waals surface area contributed by atoms with Crippen LogP contribution in [0.2, 0.25) is 0 Å². The number of Topliss-reactive ketones (excluding diaryl/α,β-unsaturated/α-hetero) is 2. The van der Waals surface area contributed by atoms with Crippen LogP contribution in [0.1, 0.15) is 56.8 Å². The molecule has 0 N–H and O–H groups in total. The van der Waals surface area contributed by atoms with Gasteiger partial charge >= 0.3 is 0 Å². The van der Waals surface area contributed by atoms with E-state index in [9.17, 15) is 9.59 Å². The SMILES string of the molecule is COCCOc1cc(C)c(C(C)=O)c(C)c1.COCCOc1cc(C)c(C(C)=O)c(C)c1. The molecule has 2 rings (SSSR count). The monoisotopic (exact) mass is 444 g/mol. The second kappa shape index (κ2) is 13.7. The minimum absolute atomic E-state index is 0.0958. The molecule has 0 saturated carbocycles. The van der Waals surface area contributed by atoms with Gasteiger partial charge in [0.2, 0.25) is 0 Å². The van der Waals surface area contributed by atoms with Gasteiger partial charge in [0.15, 0.2) is 11.6 Å². The summed E-state index contributed by atoms with van der Waals surface area (Å²) in [6, 6.07) is 7.55. The number of methoxy groups -OCH3 is 2. The summed E-state index contributed by atoms with van der Waals surface area (Å²) in [4.78, 5) is 22.8. The lowest BCUT2D eigenvalue weighted by molar-refractivity contribution is 0.100. The predicted octanol–water partition coefficient (Wildman–Crippen LogP) is 5.06. The van der Waals surface area contributed by atoms with Crippen molar-refractivity contribution in [1.82, 2.24) is 0 Å². The van der Waals surface area contributed by atoms with Gasteiger partial charge in [-0.05, 0) is 88.1 Å². The Morgan fingerprint density at radius 1 is 0.594 bits per heavy atom. The highest BCUT2D eigenvalue weighted by Gasteiger charge is 2.10. The van der Waals surface area contributed by atoms with E-state index in [1.807, 2.05) is 52.0 Å². The predicted molar refractivity (Wildman–Crippen MR) is 127 cm³/mol. The van der Waals surface area contributed by atoms with E-state index in [4.69, 9.17) is 18.9 Å². The van der Waals surface area contributed by atoms with Crippen LogP contribution in [-0.2, 0) is 9.47 Å². The molecule has 0 unspecified atom stereocenters. The Hall–Kier alpha value is -2.70. The van der Waals surface area contributed by atoms with Crippen molar-refractivity contribution in [3.8, 4) is 11.5 Å². The van der Waals surface area contributed by atoms with Crippen molar-refractivity contribution < 1.29 is 28.5 Å². The van der Waals surface area contributed by atoms with Crippen molar-refractivity contribution in [3.05, 3.63) is 57.6 Å². The van der Waals surface area contributed by atoms with Crippen LogP contribution in [0.15, 0.2) is 24.3 Å². The lowest BCUT2D eigenvalue weighted by Crippen LogP contribution is -2.06. The molecule has 0 aliphatic carbocycles. The van der Waals surface area contributed by atoms with Gasteiger partial charge in [-0.3, -0.25) is 9.59 Å². The van der Waals surface area contributed by atoms with Gasteiger partial charge in [0.05, 0.1) is 13.2 Å². The molecule has 0 saturated heterocycles. The van der Waals surface area contributed by atoms with Gasteiger partial charge in [0.25, 0.3) is 0 Å². The molecule has 0 atom stereocenters. The van der Waals surface area contributed by atoms with Crippen molar-refractivity contribution in [2.45, 2.75) is 41.5 Å². The third kappa shape index (κ3) is 8.44. The first-order chi connectivity index (χ1) is 15.1. The topological polar surface area (TPSA) is 71.1 Å². The van der Waals surface area contributed by atoms with E-state index >= 15 is 0 Å². The molecule has 6 heteroatoms. The number of hydrogen-bond donors (Lipinski definition) is 0. The fourth-order valence-electron chi connectivity index (χ4n) is 3.61. The van der Waals surface area contributed by atoms with E-state index in [-0.39, 0.29) is 11.6 Å². The summed E-state index contributed by atoms with van der Waals surface area (Å²) >= 11 is 0. The zero-order valence-corrected chi connectivity index (χ0v) is 20.6. The Morgan fingerprint density at radius 3 is 1.09 bits per heavy atom. The van der Waals surface area contributed by atoms with Crippen LogP contribution in [0.4, 0.5) is 0 Å². The van der Waals surface area contributed by atoms with Gasteiger partial charge in [-0.1, -0.05) is 0 Å². The number of ether oxygens (including phenoxy) is 4. The summed E-state index contributed by atoms with van der Waals surface area (Å²) in [5, 5.41) is 0. The Morgan fingerprint density at radius 2 is 0.875 bits per heavy atom. The smallest absolute Gasteiger partial charge is 0.160 e. The van der Waals surface area contributed by atoms with Crippen LogP contribution < -0.4 is 9.47 Å². The number of aryl methyl sites for hydroxylation is 4. The van der Waals surface area contributed by atoms with Crippen LogP contribution in [0.25, 0.3) is 0 Å². The molecule has 6 nitrogen and oxygen atoms in total. The molecular formula is C26H36O6. The fourth-order valence-corrected chi connectivity index (χ4v) is 3.61. The van der Waals surface area contributed by atoms with Gasteiger partial charge in [0.1, 0.15) is 24.7 Å². The molecule has 0 aliphatic heterocycles. The highest BCUT2D eigenvalue weighted by molar-refractivity contribution is 5.97. The molecule has 0 fully saturated rings. The van der Waals surface area contributed by atoms with Gasteiger partial charge in [-0.25, -0.2) is 0 Å². The first-order valence-corrected chi connectivity index (χ1v) is 10.6. The van der Waals surface area contributed by atoms with E-state index in [0.717, 1.165) is 44.9 Å². The average Bonchev–Trinajstić information content (AvgIpc) is 2.67. The number of carbonyl (C=O) groups excluding carboxylic acids is 2. The Bertz CT molecular complexity index is 795. The third-order valence-corrected chi connectivity index (χ3v) is 4.83. The average molecular weight is 445 g/mol. The number of hydrogen-bond acceptors (Lipinski definition) is 6. The summed E-state index contributed by atoms with van der Waals surface area (Å²) in [5.41, 5.74) is 5.41. The molecule has 0 radical (unpaired) electrons. The summed E-state index contributed by atoms with van der Waals surface area (Å²) in [7, 11) is 3.28. The lowest BCUT2D eigenvalue weighted by Gasteiger charge is -2.11. The first kappa shape index (κ1) is 27.3. The molecule has 0 spiro atoms. The van der Waals surface area contributed by atoms with Gasteiger partial charge in [-0.2, -0.15) is 0 Å². The van der Waals surface area contributed by atoms with Crippen molar-refractivity contribution >= 4 is 11.6 Å². The molecule has 32 heavy (non-hydrogen) atoms. The van der Waals surface area contributed by atoms with E-state index in [0.29, 0.717) is 26.4 Å². The van der Waals surface area contributed by atoms with Crippen LogP contribution in [0.3, 0.4) is 0 Å². The van der Waals surface area contributed by atoms with Crippen LogP contribution >= 0.6 is 0 Å². The third-order valence-electron chi connectivity index (χ3n) is 4.83. The second-order valence-corrected chi connectivity index (χ2v) is 7.66. The number of ketones is 2. The van der Waals surface area contributed by atoms with Crippen molar-refractivity contribution in [2.24, 2.45) is 0 Å². The van der Waals surface area contributed by atoms with E-state index in [1.165, 1.54) is 0 Å². The summed E-state index contributed by atoms with van der Waals surface area (Å²) in [6.07, 6.45) is 0. The standard InChI is InChI=1S/2C13H18O3/c2*1-9-7-12(16-6-5-15-4)8-10(2)13(9)11(3)14/h2*7-8H,5-6H2,1-4H3. The zero-order chi connectivity index (χ0) is 24.3. The normalized spacial score (nSPS) is 10.2. The molecule has 0 heterocycles. The van der Waals surface area contributed by atoms with Crippen molar-refractivity contribution in [3.63, 3.8) is 0 Å². The number of benzene rings is 2. The molecular weight excluding hydrogens is 408 g/mol. The maximum absolute atomic E-state index is 11.4. The van der Waals surface area contributed by atoms with Gasteiger partial charge in [0, 0.05) is 25.3 Å². The maximum atomic E-state index is 11.4. The number of rotatable bonds is 10. The van der Waals surface area contributed by atoms with E-state index in [1.54, 1.807) is 28.1 Å². The summed E-state index contributed by atoms with van der Waals surface area (Å²) in [6.45, 7) is 13.0. The Kier molecular flexibility index (Phi) is 11.7. The van der Waals surface area contributed by atoms with Crippen LogP contribution in [0.5, 0.6) is 11.5 Å². The molecule has 176 valence electrons. The maximum Gasteiger partial charge on any atom is 0.160 e. The molecule has 0 aliphatic rings. The highest BCUT2D eigenvalue weighted by atomic mass is 16.5. The zero-order valence-electron chi connectivity index (χ0n) is 20.6. The van der Waals surface area contributed by atoms with E-state index in [2.05, 4.69) is 0 Å². The minimum Gasteiger partial charge on any atom is -0.491 e. The molecule has 0 bridgehead atoms. The van der Waals surface area contributed by atoms with Crippen molar-refractivity contribution in [2.75, 3.05) is 40.6 Å². The molecule has 2 aromatic carbocycles. The Labute approximate surface area is 191 Å². The summed E-state index contributed by atoms with van der Waals surface area (Å²) in [5.74, 6) is 1.77. The molecule has 2 aromatic rings. The van der Waals surface area contributed by atoms with E-state index < -0.39 is 0 Å². The highest BCUT2D eigenvalue weighted by Crippen LogP contribution is 2.23. The van der Waals surface area contributed by atoms with Crippen molar-refractivity contribution in [1.29, 1.82) is 0 Å². The minimum atomic E-state index is 0.0958. The van der Waals surface area contributed by atoms with Gasteiger partial charge < -0.3 is 18.9 Å². The largest absolute Gasteiger partial charge is 0.491 e. The first-order valence-electron chi connectivity index (χ1n) is 10.6. The lowest BCUT2D eigenvalue weighted by atomic mass is 9.99. The quantitative estimate of drug-likeness (QED) is 0.377. The fraction of sp³-hybridized carbons (Fsp3) is 0.462. The summed E-state index contributed by atoms with van der Waals surface area (Å²) < 4.78 is 20.8. The van der Waals surface area contributed by atoms with Crippen LogP contribution in [0, 0.1) is 27.7 Å². The molecule has 0 aromatic heterocycles. The van der Waals surface area contributed by atoms with Crippen LogP contribution in [-0.4, -0.2) is 52.2 Å². The molecule has 0 amide bonds. The Balaban J connectivity index is 0.000000320. The number of carbonyl (C=O) groups is 2. The van der Waals surface area contributed by atoms with Gasteiger partial charge in [-0.15, -0.1) is 0 Å². The second-order valence-electron chi connectivity index (χ2n) is 7.66.